The van der Waals surface area contributed by atoms with E-state index >= 15 is 0 Å². The van der Waals surface area contributed by atoms with Crippen LogP contribution in [-0.4, -0.2) is 20.1 Å². The van der Waals surface area contributed by atoms with E-state index < -0.39 is 10.0 Å². The van der Waals surface area contributed by atoms with Gasteiger partial charge < -0.3 is 5.11 Å². The third-order valence-corrected chi connectivity index (χ3v) is 5.89. The van der Waals surface area contributed by atoms with Gasteiger partial charge in [-0.2, -0.15) is 0 Å². The molecule has 0 radical (unpaired) electrons. The SMILES string of the molecule is O=S(=O)(c1cc(CO)ccc1Cl)N1CCc2ccccc21. The fourth-order valence-electron chi connectivity index (χ4n) is 2.52. The number of nitrogens with zero attached hydrogens (tertiary/aromatic N) is 1. The highest BCUT2D eigenvalue weighted by Crippen LogP contribution is 2.35. The zero-order chi connectivity index (χ0) is 15.0. The Morgan fingerprint density at radius 1 is 1.19 bits per heavy atom. The Balaban J connectivity index is 2.10. The molecule has 2 aromatic carbocycles. The molecule has 0 aliphatic carbocycles. The summed E-state index contributed by atoms with van der Waals surface area (Å²) in [6.07, 6.45) is 0.687. The van der Waals surface area contributed by atoms with E-state index in [2.05, 4.69) is 0 Å². The lowest BCUT2D eigenvalue weighted by atomic mass is 10.2. The van der Waals surface area contributed by atoms with Crippen LogP contribution in [0, 0.1) is 0 Å². The first kappa shape index (κ1) is 14.4. The molecule has 0 bridgehead atoms. The number of para-hydroxylation sites is 1. The van der Waals surface area contributed by atoms with Crippen molar-refractivity contribution >= 4 is 27.3 Å². The molecule has 0 saturated carbocycles. The van der Waals surface area contributed by atoms with Gasteiger partial charge in [-0.15, -0.1) is 0 Å². The summed E-state index contributed by atoms with van der Waals surface area (Å²) in [6, 6.07) is 12.0. The first-order valence-electron chi connectivity index (χ1n) is 6.54. The van der Waals surface area contributed by atoms with Crippen molar-refractivity contribution in [2.45, 2.75) is 17.9 Å². The van der Waals surface area contributed by atoms with Gasteiger partial charge in [0, 0.05) is 6.54 Å². The molecule has 1 N–H and O–H groups in total. The van der Waals surface area contributed by atoms with E-state index in [0.717, 1.165) is 5.56 Å². The number of aliphatic hydroxyl groups is 1. The number of halogens is 1. The molecule has 6 heteroatoms. The van der Waals surface area contributed by atoms with E-state index in [4.69, 9.17) is 11.6 Å². The quantitative estimate of drug-likeness (QED) is 0.944. The lowest BCUT2D eigenvalue weighted by molar-refractivity contribution is 0.281. The van der Waals surface area contributed by atoms with Crippen LogP contribution in [0.2, 0.25) is 5.02 Å². The minimum Gasteiger partial charge on any atom is -0.392 e. The van der Waals surface area contributed by atoms with Crippen molar-refractivity contribution in [2.24, 2.45) is 0 Å². The van der Waals surface area contributed by atoms with Crippen molar-refractivity contribution in [2.75, 3.05) is 10.8 Å². The van der Waals surface area contributed by atoms with Crippen LogP contribution in [-0.2, 0) is 23.1 Å². The van der Waals surface area contributed by atoms with Crippen LogP contribution in [0.3, 0.4) is 0 Å². The second kappa shape index (κ2) is 5.33. The molecule has 1 aliphatic rings. The highest BCUT2D eigenvalue weighted by Gasteiger charge is 2.32. The molecule has 0 aromatic heterocycles. The third-order valence-electron chi connectivity index (χ3n) is 3.59. The van der Waals surface area contributed by atoms with Gasteiger partial charge in [0.2, 0.25) is 0 Å². The highest BCUT2D eigenvalue weighted by atomic mass is 35.5. The Bertz CT molecular complexity index is 789. The minimum absolute atomic E-state index is 0.0346. The molecule has 1 aliphatic heterocycles. The van der Waals surface area contributed by atoms with Gasteiger partial charge in [0.15, 0.2) is 0 Å². The number of hydrogen-bond donors (Lipinski definition) is 1. The molecule has 4 nitrogen and oxygen atoms in total. The average molecular weight is 324 g/mol. The molecule has 0 amide bonds. The van der Waals surface area contributed by atoms with Crippen molar-refractivity contribution in [3.63, 3.8) is 0 Å². The molecule has 0 fully saturated rings. The van der Waals surface area contributed by atoms with E-state index in [1.807, 2.05) is 18.2 Å². The number of aliphatic hydroxyl groups excluding tert-OH is 1. The molecule has 21 heavy (non-hydrogen) atoms. The van der Waals surface area contributed by atoms with Crippen molar-refractivity contribution < 1.29 is 13.5 Å². The summed E-state index contributed by atoms with van der Waals surface area (Å²) in [4.78, 5) is 0.0346. The van der Waals surface area contributed by atoms with Gasteiger partial charge in [-0.05, 0) is 35.7 Å². The second-order valence-corrected chi connectivity index (χ2v) is 7.12. The normalized spacial score (nSPS) is 14.3. The summed E-state index contributed by atoms with van der Waals surface area (Å²) in [7, 11) is -3.73. The summed E-state index contributed by atoms with van der Waals surface area (Å²) in [5.74, 6) is 0. The van der Waals surface area contributed by atoms with Crippen LogP contribution >= 0.6 is 11.6 Å². The number of benzene rings is 2. The molecule has 110 valence electrons. The molecular formula is C15H14ClNO3S. The summed E-state index contributed by atoms with van der Waals surface area (Å²) in [5, 5.41) is 9.35. The first-order chi connectivity index (χ1) is 10.0. The maximum atomic E-state index is 12.8. The zero-order valence-corrected chi connectivity index (χ0v) is 12.7. The number of fused-ring (bicyclic) bond motifs is 1. The van der Waals surface area contributed by atoms with Crippen LogP contribution in [0.4, 0.5) is 5.69 Å². The highest BCUT2D eigenvalue weighted by molar-refractivity contribution is 7.93. The van der Waals surface area contributed by atoms with Gasteiger partial charge in [-0.1, -0.05) is 35.9 Å². The van der Waals surface area contributed by atoms with E-state index in [-0.39, 0.29) is 16.5 Å². The lowest BCUT2D eigenvalue weighted by Gasteiger charge is -2.20. The van der Waals surface area contributed by atoms with Crippen molar-refractivity contribution in [1.82, 2.24) is 0 Å². The average Bonchev–Trinajstić information content (AvgIpc) is 2.92. The third kappa shape index (κ3) is 2.41. The maximum Gasteiger partial charge on any atom is 0.265 e. The molecule has 3 rings (SSSR count). The standard InChI is InChI=1S/C15H14ClNO3S/c16-13-6-5-11(10-18)9-15(13)21(19,20)17-8-7-12-3-1-2-4-14(12)17/h1-6,9,18H,7-8,10H2. The molecule has 0 spiro atoms. The van der Waals surface area contributed by atoms with Crippen molar-refractivity contribution in [3.05, 3.63) is 58.6 Å². The van der Waals surface area contributed by atoms with Crippen LogP contribution in [0.25, 0.3) is 0 Å². The number of anilines is 1. The van der Waals surface area contributed by atoms with Crippen LogP contribution in [0.1, 0.15) is 11.1 Å². The maximum absolute atomic E-state index is 12.8. The Morgan fingerprint density at radius 2 is 1.95 bits per heavy atom. The molecule has 0 atom stereocenters. The summed E-state index contributed by atoms with van der Waals surface area (Å²) < 4.78 is 27.1. The lowest BCUT2D eigenvalue weighted by Crippen LogP contribution is -2.29. The van der Waals surface area contributed by atoms with E-state index in [1.54, 1.807) is 12.1 Å². The first-order valence-corrected chi connectivity index (χ1v) is 8.36. The van der Waals surface area contributed by atoms with Crippen LogP contribution < -0.4 is 4.31 Å². The zero-order valence-electron chi connectivity index (χ0n) is 11.2. The van der Waals surface area contributed by atoms with Gasteiger partial charge in [0.25, 0.3) is 10.0 Å². The van der Waals surface area contributed by atoms with Crippen molar-refractivity contribution in [1.29, 1.82) is 0 Å². The van der Waals surface area contributed by atoms with E-state index in [0.29, 0.717) is 24.2 Å². The van der Waals surface area contributed by atoms with E-state index in [1.165, 1.54) is 16.4 Å². The second-order valence-electron chi connectivity index (χ2n) is 4.88. The Kier molecular flexibility index (Phi) is 3.65. The number of sulfonamides is 1. The summed E-state index contributed by atoms with van der Waals surface area (Å²) in [5.41, 5.74) is 2.23. The van der Waals surface area contributed by atoms with Crippen LogP contribution in [0.5, 0.6) is 0 Å². The van der Waals surface area contributed by atoms with Gasteiger partial charge >= 0.3 is 0 Å². The topological polar surface area (TPSA) is 57.6 Å². The summed E-state index contributed by atoms with van der Waals surface area (Å²) >= 11 is 6.06. The van der Waals surface area contributed by atoms with Gasteiger partial charge in [-0.25, -0.2) is 8.42 Å². The Labute approximate surface area is 128 Å². The fourth-order valence-corrected chi connectivity index (χ4v) is 4.55. The number of rotatable bonds is 3. The molecule has 0 saturated heterocycles. The summed E-state index contributed by atoms with van der Waals surface area (Å²) in [6.45, 7) is 0.178. The monoisotopic (exact) mass is 323 g/mol. The molecule has 1 heterocycles. The van der Waals surface area contributed by atoms with E-state index in [9.17, 15) is 13.5 Å². The van der Waals surface area contributed by atoms with Gasteiger partial charge in [0.05, 0.1) is 17.3 Å². The van der Waals surface area contributed by atoms with Gasteiger partial charge in [0.1, 0.15) is 4.90 Å². The fraction of sp³-hybridized carbons (Fsp3) is 0.200. The van der Waals surface area contributed by atoms with Gasteiger partial charge in [-0.3, -0.25) is 4.31 Å². The predicted octanol–water partition coefficient (Wildman–Crippen LogP) is 2.58. The molecular weight excluding hydrogens is 310 g/mol. The number of hydrogen-bond acceptors (Lipinski definition) is 3. The molecule has 2 aromatic rings. The molecule has 0 unspecified atom stereocenters. The van der Waals surface area contributed by atoms with Crippen molar-refractivity contribution in [3.8, 4) is 0 Å². The Morgan fingerprint density at radius 3 is 2.71 bits per heavy atom. The largest absolute Gasteiger partial charge is 0.392 e. The smallest absolute Gasteiger partial charge is 0.265 e. The predicted molar refractivity (Wildman–Crippen MR) is 82.1 cm³/mol. The Hall–Kier alpha value is -1.56. The minimum atomic E-state index is -3.73. The van der Waals surface area contributed by atoms with Crippen LogP contribution in [0.15, 0.2) is 47.4 Å².